The van der Waals surface area contributed by atoms with Gasteiger partial charge in [-0.1, -0.05) is 46.6 Å². The number of anilines is 2. The van der Waals surface area contributed by atoms with E-state index in [1.165, 1.54) is 5.56 Å². The molecule has 6 heteroatoms. The summed E-state index contributed by atoms with van der Waals surface area (Å²) in [6.45, 7) is 2.07. The van der Waals surface area contributed by atoms with Crippen molar-refractivity contribution in [2.24, 2.45) is 0 Å². The largest absolute Gasteiger partial charge is 0.350 e. The number of hydrogen-bond acceptors (Lipinski definition) is 3. The van der Waals surface area contributed by atoms with E-state index in [1.807, 2.05) is 24.3 Å². The van der Waals surface area contributed by atoms with Crippen LogP contribution >= 0.6 is 27.5 Å². The van der Waals surface area contributed by atoms with Crippen molar-refractivity contribution >= 4 is 50.7 Å². The molecule has 1 N–H and O–H groups in total. The molecular formula is C18H14BrClN2O2. The third-order valence-electron chi connectivity index (χ3n) is 3.74. The van der Waals surface area contributed by atoms with Crippen molar-refractivity contribution in [3.63, 3.8) is 0 Å². The highest BCUT2D eigenvalue weighted by molar-refractivity contribution is 9.10. The second-order valence-electron chi connectivity index (χ2n) is 5.29. The van der Waals surface area contributed by atoms with Gasteiger partial charge in [0.2, 0.25) is 0 Å². The molecule has 1 aliphatic heterocycles. The standard InChI is InChI=1S/C18H14BrClN2O2/c1-2-11-3-7-13(8-4-11)21-16-15(20)17(23)22(18(16)24)14-9-5-12(19)6-10-14/h3-10,21H,2H2,1H3. The minimum absolute atomic E-state index is 0.0915. The molecule has 2 aromatic carbocycles. The fourth-order valence-corrected chi connectivity index (χ4v) is 2.88. The number of hydrogen-bond donors (Lipinski definition) is 1. The first-order valence-electron chi connectivity index (χ1n) is 7.41. The van der Waals surface area contributed by atoms with E-state index in [4.69, 9.17) is 11.6 Å². The Morgan fingerprint density at radius 3 is 2.21 bits per heavy atom. The number of nitrogens with one attached hydrogen (secondary N) is 1. The zero-order valence-corrected chi connectivity index (χ0v) is 15.2. The summed E-state index contributed by atoms with van der Waals surface area (Å²) in [4.78, 5) is 26.1. The van der Waals surface area contributed by atoms with Gasteiger partial charge in [-0.05, 0) is 48.4 Å². The van der Waals surface area contributed by atoms with E-state index in [1.54, 1.807) is 24.3 Å². The summed E-state index contributed by atoms with van der Waals surface area (Å²) < 4.78 is 0.860. The number of aryl methyl sites for hydroxylation is 1. The van der Waals surface area contributed by atoms with E-state index in [0.717, 1.165) is 15.8 Å². The van der Waals surface area contributed by atoms with Gasteiger partial charge < -0.3 is 5.32 Å². The van der Waals surface area contributed by atoms with Crippen molar-refractivity contribution in [1.29, 1.82) is 0 Å². The van der Waals surface area contributed by atoms with Crippen LogP contribution in [0.4, 0.5) is 11.4 Å². The van der Waals surface area contributed by atoms with Crippen LogP contribution in [-0.2, 0) is 16.0 Å². The number of halogens is 2. The Labute approximate surface area is 153 Å². The Morgan fingerprint density at radius 2 is 1.62 bits per heavy atom. The summed E-state index contributed by atoms with van der Waals surface area (Å²) in [6.07, 6.45) is 0.929. The van der Waals surface area contributed by atoms with Crippen LogP contribution < -0.4 is 10.2 Å². The number of benzene rings is 2. The minimum atomic E-state index is -0.531. The fraction of sp³-hybridized carbons (Fsp3) is 0.111. The SMILES string of the molecule is CCc1ccc(NC2=C(Cl)C(=O)N(c3ccc(Br)cc3)C2=O)cc1. The predicted octanol–water partition coefficient (Wildman–Crippen LogP) is 4.45. The molecule has 0 fully saturated rings. The Hall–Kier alpha value is -2.11. The van der Waals surface area contributed by atoms with Crippen LogP contribution in [0.5, 0.6) is 0 Å². The lowest BCUT2D eigenvalue weighted by atomic mass is 10.1. The molecule has 24 heavy (non-hydrogen) atoms. The van der Waals surface area contributed by atoms with Crippen LogP contribution in [0.3, 0.4) is 0 Å². The highest BCUT2D eigenvalue weighted by Crippen LogP contribution is 2.30. The molecule has 0 unspecified atom stereocenters. The molecular weight excluding hydrogens is 392 g/mol. The van der Waals surface area contributed by atoms with E-state index < -0.39 is 11.8 Å². The summed E-state index contributed by atoms with van der Waals surface area (Å²) in [6, 6.07) is 14.5. The molecule has 2 aromatic rings. The molecule has 0 bridgehead atoms. The summed E-state index contributed by atoms with van der Waals surface area (Å²) in [5.41, 5.74) is 2.46. The number of amides is 2. The van der Waals surface area contributed by atoms with Crippen LogP contribution in [0.15, 0.2) is 63.7 Å². The van der Waals surface area contributed by atoms with Gasteiger partial charge in [-0.2, -0.15) is 0 Å². The minimum Gasteiger partial charge on any atom is -0.350 e. The highest BCUT2D eigenvalue weighted by atomic mass is 79.9. The van der Waals surface area contributed by atoms with Crippen molar-refractivity contribution in [3.8, 4) is 0 Å². The van der Waals surface area contributed by atoms with E-state index >= 15 is 0 Å². The van der Waals surface area contributed by atoms with Crippen LogP contribution in [0.1, 0.15) is 12.5 Å². The lowest BCUT2D eigenvalue weighted by molar-refractivity contribution is -0.120. The van der Waals surface area contributed by atoms with Crippen LogP contribution in [-0.4, -0.2) is 11.8 Å². The van der Waals surface area contributed by atoms with Crippen LogP contribution in [0.2, 0.25) is 0 Å². The quantitative estimate of drug-likeness (QED) is 0.765. The third kappa shape index (κ3) is 3.09. The zero-order valence-electron chi connectivity index (χ0n) is 12.8. The van der Waals surface area contributed by atoms with Crippen molar-refractivity contribution in [2.75, 3.05) is 10.2 Å². The number of rotatable bonds is 4. The normalized spacial score (nSPS) is 14.5. The first-order valence-corrected chi connectivity index (χ1v) is 8.58. The molecule has 4 nitrogen and oxygen atoms in total. The smallest absolute Gasteiger partial charge is 0.283 e. The summed E-state index contributed by atoms with van der Waals surface area (Å²) in [5, 5.41) is 2.85. The molecule has 1 aliphatic rings. The first kappa shape index (κ1) is 16.7. The lowest BCUT2D eigenvalue weighted by Crippen LogP contribution is -2.32. The fourth-order valence-electron chi connectivity index (χ4n) is 2.40. The van der Waals surface area contributed by atoms with Crippen LogP contribution in [0.25, 0.3) is 0 Å². The molecule has 0 saturated heterocycles. The molecule has 122 valence electrons. The topological polar surface area (TPSA) is 49.4 Å². The van der Waals surface area contributed by atoms with Gasteiger partial charge in [-0.15, -0.1) is 0 Å². The maximum absolute atomic E-state index is 12.6. The Balaban J connectivity index is 1.87. The zero-order chi connectivity index (χ0) is 17.3. The molecule has 0 atom stereocenters. The summed E-state index contributed by atoms with van der Waals surface area (Å²) in [7, 11) is 0. The first-order chi connectivity index (χ1) is 11.5. The Kier molecular flexibility index (Phi) is 4.73. The average molecular weight is 406 g/mol. The number of imide groups is 1. The maximum Gasteiger partial charge on any atom is 0.283 e. The second-order valence-corrected chi connectivity index (χ2v) is 6.58. The highest BCUT2D eigenvalue weighted by Gasteiger charge is 2.38. The summed E-state index contributed by atoms with van der Waals surface area (Å²) in [5.74, 6) is -0.997. The monoisotopic (exact) mass is 404 g/mol. The molecule has 0 radical (unpaired) electrons. The van der Waals surface area contributed by atoms with Gasteiger partial charge in [0.05, 0.1) is 5.69 Å². The van der Waals surface area contributed by atoms with Gasteiger partial charge in [0.1, 0.15) is 10.7 Å². The second kappa shape index (κ2) is 6.79. The van der Waals surface area contributed by atoms with Gasteiger partial charge in [0, 0.05) is 10.2 Å². The van der Waals surface area contributed by atoms with Gasteiger partial charge >= 0.3 is 0 Å². The molecule has 0 aromatic heterocycles. The number of nitrogens with zero attached hydrogens (tertiary/aromatic N) is 1. The van der Waals surface area contributed by atoms with Crippen molar-refractivity contribution in [3.05, 3.63) is 69.3 Å². The van der Waals surface area contributed by atoms with Gasteiger partial charge in [0.15, 0.2) is 0 Å². The van der Waals surface area contributed by atoms with E-state index in [-0.39, 0.29) is 10.7 Å². The third-order valence-corrected chi connectivity index (χ3v) is 4.62. The van der Waals surface area contributed by atoms with Crippen molar-refractivity contribution in [1.82, 2.24) is 0 Å². The molecule has 0 aliphatic carbocycles. The molecule has 3 rings (SSSR count). The maximum atomic E-state index is 12.6. The van der Waals surface area contributed by atoms with Crippen molar-refractivity contribution < 1.29 is 9.59 Å². The molecule has 1 heterocycles. The van der Waals surface area contributed by atoms with E-state index in [0.29, 0.717) is 11.4 Å². The van der Waals surface area contributed by atoms with Gasteiger partial charge in [-0.25, -0.2) is 4.90 Å². The van der Waals surface area contributed by atoms with E-state index in [9.17, 15) is 9.59 Å². The van der Waals surface area contributed by atoms with Crippen LogP contribution in [0, 0.1) is 0 Å². The van der Waals surface area contributed by atoms with E-state index in [2.05, 4.69) is 28.2 Å². The van der Waals surface area contributed by atoms with Gasteiger partial charge in [-0.3, -0.25) is 9.59 Å². The molecule has 0 saturated carbocycles. The predicted molar refractivity (Wildman–Crippen MR) is 99.0 cm³/mol. The number of carbonyl (C=O) groups is 2. The average Bonchev–Trinajstić information content (AvgIpc) is 2.80. The Bertz CT molecular complexity index is 829. The Morgan fingerprint density at radius 1 is 1.00 bits per heavy atom. The lowest BCUT2D eigenvalue weighted by Gasteiger charge is -2.15. The number of carbonyl (C=O) groups excluding carboxylic acids is 2. The van der Waals surface area contributed by atoms with Crippen molar-refractivity contribution in [2.45, 2.75) is 13.3 Å². The molecule has 2 amide bonds. The summed E-state index contributed by atoms with van der Waals surface area (Å²) >= 11 is 9.43. The molecule has 0 spiro atoms. The van der Waals surface area contributed by atoms with Gasteiger partial charge in [0.25, 0.3) is 11.8 Å².